The number of halogens is 6. The molecule has 5 aromatic carbocycles. The van der Waals surface area contributed by atoms with Gasteiger partial charge >= 0.3 is 36.6 Å². The highest BCUT2D eigenvalue weighted by molar-refractivity contribution is 9.11. The average Bonchev–Trinajstić information content (AvgIpc) is 1.60. The van der Waals surface area contributed by atoms with Crippen molar-refractivity contribution in [3.63, 3.8) is 0 Å². The number of likely N-dealkylation sites (tertiary alicyclic amines) is 1. The van der Waals surface area contributed by atoms with E-state index in [4.69, 9.17) is 39.4 Å². The molecule has 0 radical (unpaired) electrons. The first-order chi connectivity index (χ1) is 51.7. The predicted molar refractivity (Wildman–Crippen MR) is 450 cm³/mol. The lowest BCUT2D eigenvalue weighted by Gasteiger charge is -2.27. The number of H-pyrrole nitrogens is 2. The average molecular weight is 1860 g/mol. The fourth-order valence-electron chi connectivity index (χ4n) is 13.0. The Morgan fingerprint density at radius 2 is 0.809 bits per heavy atom. The monoisotopic (exact) mass is 1860 g/mol. The molecule has 4 aromatic heterocycles. The number of ether oxygens (including phenoxy) is 6. The second-order valence-corrected chi connectivity index (χ2v) is 30.8. The first kappa shape index (κ1) is 91.0. The number of carbonyl (C=O) groups excluding carboxylic acids is 7. The molecule has 31 heteroatoms. The number of fused-ring (bicyclic) bond motifs is 12. The van der Waals surface area contributed by atoms with Crippen LogP contribution in [0.2, 0.25) is 0 Å². The van der Waals surface area contributed by atoms with Gasteiger partial charge in [-0.2, -0.15) is 0 Å². The van der Waals surface area contributed by atoms with Gasteiger partial charge in [0.25, 0.3) is 0 Å². The van der Waals surface area contributed by atoms with E-state index in [9.17, 15) is 33.6 Å². The van der Waals surface area contributed by atoms with Gasteiger partial charge in [0.1, 0.15) is 11.4 Å². The molecule has 5 aliphatic rings. The summed E-state index contributed by atoms with van der Waals surface area (Å²) in [4.78, 5) is 97.8. The second kappa shape index (κ2) is 43.3. The van der Waals surface area contributed by atoms with Crippen molar-refractivity contribution in [1.29, 1.82) is 0 Å². The number of rotatable bonds is 6. The Bertz CT molecular complexity index is 4530. The van der Waals surface area contributed by atoms with Crippen LogP contribution in [0, 0.1) is 0 Å². The van der Waals surface area contributed by atoms with Crippen molar-refractivity contribution in [2.24, 2.45) is 12.9 Å². The number of aromatic amines is 2. The van der Waals surface area contributed by atoms with Crippen molar-refractivity contribution in [1.82, 2.24) is 43.6 Å². The Balaban J connectivity index is 0.000000209. The number of nitrogen functional groups attached to an aromatic ring is 1. The van der Waals surface area contributed by atoms with Crippen LogP contribution < -0.4 is 11.3 Å². The number of piperidine rings is 1. The molecule has 110 heavy (non-hydrogen) atoms. The normalized spacial score (nSPS) is 13.9. The van der Waals surface area contributed by atoms with E-state index >= 15 is 0 Å². The van der Waals surface area contributed by atoms with E-state index in [2.05, 4.69) is 143 Å². The maximum absolute atomic E-state index is 12.9. The van der Waals surface area contributed by atoms with E-state index in [1.165, 1.54) is 55.4 Å². The molecule has 25 nitrogen and oxygen atoms in total. The van der Waals surface area contributed by atoms with E-state index in [0.29, 0.717) is 111 Å². The number of benzene rings is 5. The van der Waals surface area contributed by atoms with Crippen molar-refractivity contribution < 1.29 is 67.1 Å². The molecule has 14 rings (SSSR count). The summed E-state index contributed by atoms with van der Waals surface area (Å²) in [5.41, 5.74) is 16.4. The molecule has 5 amide bonds. The van der Waals surface area contributed by atoms with Gasteiger partial charge in [-0.3, -0.25) is 10.6 Å². The standard InChI is InChI=1S/C19H23BrN2O4.C15H17BrN2O2.2C14H15BrN2O2.C8H13NO3.C6H7BrN2.C2H6O.CH4.ClH/c1-5-25-17(23)21-9-8-15-14(11-21)13-7-6-12(20)10-16(13)22(15)18(24)26-19(2,3)4;1-3-20-15(19)18-7-6-13-12(9-18)11-5-4-10(16)8-14(11)17(13)2;2*1-2-19-14(18)17-6-5-12-11(8-17)10-4-3-9(15)7-13(10)16-12;1-2-12-8(11)9-5-3-7(10)4-6-9;7-5-2-1-3-6(4-5)9-8;1-2-3;;/h6-7,10H,5,8-9,11H2,1-4H3;4-5,8H,3,6-7,9H2,1-2H3;2*3-4,7,16H,2,5-6,8H2,1H3;2-6H2,1H3;1-4,9H,8H2;3H,2H2,1H3;1H4;1H. The predicted octanol–water partition coefficient (Wildman–Crippen LogP) is 18.6. The first-order valence-corrected chi connectivity index (χ1v) is 40.0. The van der Waals surface area contributed by atoms with Crippen LogP contribution in [0.5, 0.6) is 0 Å². The number of nitrogens with two attached hydrogens (primary N) is 1. The molecule has 0 saturated carbocycles. The zero-order chi connectivity index (χ0) is 78.5. The molecule has 1 fully saturated rings. The number of nitrogens with one attached hydrogen (secondary N) is 3. The zero-order valence-electron chi connectivity index (χ0n) is 63.1. The lowest BCUT2D eigenvalue weighted by molar-refractivity contribution is -0.121. The van der Waals surface area contributed by atoms with Crippen LogP contribution >= 0.6 is 92.1 Å². The summed E-state index contributed by atoms with van der Waals surface area (Å²) < 4.78 is 39.8. The molecular weight excluding hydrogens is 1760 g/mol. The van der Waals surface area contributed by atoms with Crippen LogP contribution in [0.3, 0.4) is 0 Å². The Morgan fingerprint density at radius 3 is 1.21 bits per heavy atom. The molecule has 598 valence electrons. The fraction of sp³-hybridized carbons (Fsp3) is 0.430. The van der Waals surface area contributed by atoms with E-state index < -0.39 is 11.7 Å². The van der Waals surface area contributed by atoms with Gasteiger partial charge in [-0.1, -0.05) is 117 Å². The Hall–Kier alpha value is -7.84. The van der Waals surface area contributed by atoms with Crippen LogP contribution in [0.1, 0.15) is 128 Å². The van der Waals surface area contributed by atoms with E-state index in [0.717, 1.165) is 87.1 Å². The van der Waals surface area contributed by atoms with Crippen molar-refractivity contribution in [2.75, 3.05) is 84.3 Å². The molecule has 9 heterocycles. The number of carbonyl (C=O) groups is 7. The minimum Gasteiger partial charge on any atom is -0.450 e. The van der Waals surface area contributed by atoms with E-state index in [1.807, 2.05) is 102 Å². The maximum Gasteiger partial charge on any atom is 0.419 e. The number of hydrogen-bond donors (Lipinski definition) is 5. The lowest BCUT2D eigenvalue weighted by atomic mass is 10.0. The molecule has 0 bridgehead atoms. The number of Topliss-reactive ketones (excluding diaryl/α,β-unsaturated/α-hetero) is 1. The molecule has 0 atom stereocenters. The van der Waals surface area contributed by atoms with Crippen LogP contribution in [0.15, 0.2) is 119 Å². The van der Waals surface area contributed by atoms with Gasteiger partial charge in [-0.25, -0.2) is 33.3 Å². The van der Waals surface area contributed by atoms with Gasteiger partial charge in [-0.05, 0) is 129 Å². The number of aryl methyl sites for hydroxylation is 1. The zero-order valence-corrected chi connectivity index (χ0v) is 71.8. The Morgan fingerprint density at radius 1 is 0.464 bits per heavy atom. The van der Waals surface area contributed by atoms with E-state index in [1.54, 1.807) is 49.8 Å². The number of anilines is 1. The molecule has 1 saturated heterocycles. The first-order valence-electron chi connectivity index (χ1n) is 36.0. The topological polar surface area (TPSA) is 291 Å². The summed E-state index contributed by atoms with van der Waals surface area (Å²) in [7, 11) is 2.09. The Labute approximate surface area is 690 Å². The third-order valence-electron chi connectivity index (χ3n) is 17.9. The quantitative estimate of drug-likeness (QED) is 0.0587. The minimum atomic E-state index is -0.585. The summed E-state index contributed by atoms with van der Waals surface area (Å²) in [6, 6.07) is 32.1. The molecule has 0 unspecified atom stereocenters. The fourth-order valence-corrected chi connectivity index (χ4v) is 14.8. The smallest absolute Gasteiger partial charge is 0.419 e. The molecular formula is C79H101Br5ClN11O14. The minimum absolute atomic E-state index is 0. The number of aromatic nitrogens is 4. The van der Waals surface area contributed by atoms with Crippen molar-refractivity contribution in [2.45, 2.75) is 140 Å². The van der Waals surface area contributed by atoms with Crippen molar-refractivity contribution >= 4 is 184 Å². The van der Waals surface area contributed by atoms with Crippen LogP contribution in [-0.4, -0.2) is 176 Å². The Kier molecular flexibility index (Phi) is 35.8. The molecule has 9 aromatic rings. The van der Waals surface area contributed by atoms with E-state index in [-0.39, 0.29) is 62.7 Å². The number of aliphatic hydroxyl groups is 1. The van der Waals surface area contributed by atoms with Gasteiger partial charge in [0, 0.05) is 203 Å². The van der Waals surface area contributed by atoms with Gasteiger partial charge in [0.15, 0.2) is 0 Å². The summed E-state index contributed by atoms with van der Waals surface area (Å²) >= 11 is 17.3. The summed E-state index contributed by atoms with van der Waals surface area (Å²) in [6.07, 6.45) is 2.39. The summed E-state index contributed by atoms with van der Waals surface area (Å²) in [6.45, 7) is 24.5. The highest BCUT2D eigenvalue weighted by Crippen LogP contribution is 2.37. The van der Waals surface area contributed by atoms with Crippen LogP contribution in [-0.2, 0) is 92.1 Å². The van der Waals surface area contributed by atoms with Gasteiger partial charge in [0.2, 0.25) is 0 Å². The van der Waals surface area contributed by atoms with Gasteiger partial charge < -0.3 is 78.0 Å². The highest BCUT2D eigenvalue weighted by atomic mass is 79.9. The maximum atomic E-state index is 12.9. The molecule has 0 aliphatic carbocycles. The molecule has 6 N–H and O–H groups in total. The number of amides is 5. The second-order valence-electron chi connectivity index (χ2n) is 26.3. The SMILES string of the molecule is C.CCO.CCOC(=O)N1CCC(=O)CC1.CCOC(=O)N1CCc2[nH]c3cc(Br)ccc3c2C1.CCOC(=O)N1CCc2[nH]c3cc(Br)ccc3c2C1.CCOC(=O)N1CCc2c(c3ccc(Br)cc3n2C(=O)OC(C)(C)C)C1.CCOC(=O)N1CCc2c(c3ccc(Br)cc3n2C)C1.Cl.NNc1cccc(Br)c1. The van der Waals surface area contributed by atoms with Gasteiger partial charge in [-0.15, -0.1) is 12.4 Å². The largest absolute Gasteiger partial charge is 0.450 e. The third kappa shape index (κ3) is 24.1. The van der Waals surface area contributed by atoms with Crippen LogP contribution in [0.4, 0.5) is 34.5 Å². The molecule has 5 aliphatic heterocycles. The number of nitrogens with zero attached hydrogens (tertiary/aromatic N) is 7. The lowest BCUT2D eigenvalue weighted by Crippen LogP contribution is -2.38. The third-order valence-corrected chi connectivity index (χ3v) is 20.3. The number of ketones is 1. The highest BCUT2D eigenvalue weighted by Gasteiger charge is 2.33. The number of hydrogen-bond acceptors (Lipinski definition) is 16. The van der Waals surface area contributed by atoms with Crippen molar-refractivity contribution in [3.8, 4) is 0 Å². The summed E-state index contributed by atoms with van der Waals surface area (Å²) in [5.74, 6) is 5.38. The summed E-state index contributed by atoms with van der Waals surface area (Å²) in [5, 5.41) is 12.1. The number of hydrazine groups is 1. The van der Waals surface area contributed by atoms with Gasteiger partial charge in [0.05, 0.1) is 64.7 Å². The molecule has 0 spiro atoms. The van der Waals surface area contributed by atoms with Crippen molar-refractivity contribution in [3.05, 3.63) is 164 Å². The number of aliphatic hydroxyl groups excluding tert-OH is 1. The van der Waals surface area contributed by atoms with Crippen LogP contribution in [0.25, 0.3) is 43.6 Å².